The summed E-state index contributed by atoms with van der Waals surface area (Å²) in [6.07, 6.45) is 2.47. The Balaban J connectivity index is 1.38. The minimum absolute atomic E-state index is 0.112. The van der Waals surface area contributed by atoms with Crippen LogP contribution in [0.3, 0.4) is 0 Å². The summed E-state index contributed by atoms with van der Waals surface area (Å²) < 4.78 is 43.5. The molecule has 2 fully saturated rings. The molecule has 1 aliphatic heterocycles. The first kappa shape index (κ1) is 27.8. The number of nitrogens with zero attached hydrogens (tertiary/aromatic N) is 2. The number of nitrogens with one attached hydrogen (secondary N) is 1. The highest BCUT2D eigenvalue weighted by Gasteiger charge is 2.37. The largest absolute Gasteiger partial charge is 0.497 e. The van der Waals surface area contributed by atoms with E-state index in [1.807, 2.05) is 12.1 Å². The van der Waals surface area contributed by atoms with Crippen molar-refractivity contribution in [3.8, 4) is 5.75 Å². The zero-order valence-corrected chi connectivity index (χ0v) is 22.8. The van der Waals surface area contributed by atoms with Crippen LogP contribution in [0.25, 0.3) is 0 Å². The van der Waals surface area contributed by atoms with Gasteiger partial charge in [-0.1, -0.05) is 24.3 Å². The number of rotatable bonds is 11. The SMILES string of the molecule is COc1ccc(Cn2cc(C(=O)O)c(NC(=O)C(OC3CCOCC3)c3ccc(S(=O)(=O)C4CC4)cc3)n2)cc1. The molecule has 1 atom stereocenters. The van der Waals surface area contributed by atoms with Gasteiger partial charge in [0.1, 0.15) is 11.3 Å². The predicted molar refractivity (Wildman–Crippen MR) is 144 cm³/mol. The zero-order valence-electron chi connectivity index (χ0n) is 22.0. The first-order chi connectivity index (χ1) is 19.2. The first-order valence-electron chi connectivity index (χ1n) is 13.1. The molecule has 0 radical (unpaired) electrons. The van der Waals surface area contributed by atoms with E-state index in [-0.39, 0.29) is 34.2 Å². The van der Waals surface area contributed by atoms with E-state index in [0.29, 0.717) is 50.2 Å². The number of anilines is 1. The Morgan fingerprint density at radius 2 is 1.75 bits per heavy atom. The molecule has 2 N–H and O–H groups in total. The molecule has 11 nitrogen and oxygen atoms in total. The van der Waals surface area contributed by atoms with E-state index in [0.717, 1.165) is 5.56 Å². The number of carboxylic acid groups (broad SMARTS) is 1. The van der Waals surface area contributed by atoms with Crippen molar-refractivity contribution in [2.45, 2.75) is 54.6 Å². The molecule has 2 aromatic carbocycles. The van der Waals surface area contributed by atoms with Crippen LogP contribution in [0.4, 0.5) is 5.82 Å². The van der Waals surface area contributed by atoms with Crippen molar-refractivity contribution in [3.05, 3.63) is 71.4 Å². The van der Waals surface area contributed by atoms with E-state index in [4.69, 9.17) is 14.2 Å². The topological polar surface area (TPSA) is 146 Å². The molecule has 5 rings (SSSR count). The number of ether oxygens (including phenoxy) is 3. The number of methoxy groups -OCH3 is 1. The molecule has 40 heavy (non-hydrogen) atoms. The lowest BCUT2D eigenvalue weighted by Gasteiger charge is -2.27. The van der Waals surface area contributed by atoms with Crippen molar-refractivity contribution in [3.63, 3.8) is 0 Å². The molecule has 1 saturated carbocycles. The third kappa shape index (κ3) is 6.35. The number of benzene rings is 2. The number of aromatic carboxylic acids is 1. The van der Waals surface area contributed by atoms with Gasteiger partial charge >= 0.3 is 5.97 Å². The van der Waals surface area contributed by atoms with Gasteiger partial charge in [-0.2, -0.15) is 5.10 Å². The summed E-state index contributed by atoms with van der Waals surface area (Å²) >= 11 is 0. The maximum absolute atomic E-state index is 13.6. The van der Waals surface area contributed by atoms with E-state index in [2.05, 4.69) is 10.4 Å². The van der Waals surface area contributed by atoms with Crippen LogP contribution in [0, 0.1) is 0 Å². The highest BCUT2D eigenvalue weighted by Crippen LogP contribution is 2.34. The summed E-state index contributed by atoms with van der Waals surface area (Å²) in [5.74, 6) is -1.27. The van der Waals surface area contributed by atoms with E-state index >= 15 is 0 Å². The van der Waals surface area contributed by atoms with Gasteiger partial charge in [-0.25, -0.2) is 13.2 Å². The van der Waals surface area contributed by atoms with Gasteiger partial charge in [0.2, 0.25) is 0 Å². The second-order valence-electron chi connectivity index (χ2n) is 9.87. The molecule has 12 heteroatoms. The molecule has 1 amide bonds. The molecule has 2 heterocycles. The van der Waals surface area contributed by atoms with Gasteiger partial charge in [-0.15, -0.1) is 0 Å². The summed E-state index contributed by atoms with van der Waals surface area (Å²) in [6.45, 7) is 1.27. The van der Waals surface area contributed by atoms with Crippen LogP contribution in [0.2, 0.25) is 0 Å². The minimum Gasteiger partial charge on any atom is -0.497 e. The predicted octanol–water partition coefficient (Wildman–Crippen LogP) is 3.45. The number of amides is 1. The summed E-state index contributed by atoms with van der Waals surface area (Å²) in [5.41, 5.74) is 1.14. The number of aromatic nitrogens is 2. The number of carboxylic acids is 1. The fraction of sp³-hybridized carbons (Fsp3) is 0.393. The minimum atomic E-state index is -3.39. The molecule has 1 aromatic heterocycles. The van der Waals surface area contributed by atoms with Crippen molar-refractivity contribution < 1.29 is 37.3 Å². The molecule has 1 unspecified atom stereocenters. The van der Waals surface area contributed by atoms with Crippen molar-refractivity contribution >= 4 is 27.5 Å². The van der Waals surface area contributed by atoms with E-state index in [1.165, 1.54) is 23.0 Å². The number of carbonyl (C=O) groups excluding carboxylic acids is 1. The molecule has 212 valence electrons. The third-order valence-corrected chi connectivity index (χ3v) is 9.23. The van der Waals surface area contributed by atoms with Crippen molar-refractivity contribution in [2.75, 3.05) is 25.6 Å². The number of carbonyl (C=O) groups is 2. The fourth-order valence-corrected chi connectivity index (χ4v) is 6.21. The monoisotopic (exact) mass is 569 g/mol. The summed E-state index contributed by atoms with van der Waals surface area (Å²) in [4.78, 5) is 25.7. The summed E-state index contributed by atoms with van der Waals surface area (Å²) in [6, 6.07) is 13.4. The number of hydrogen-bond donors (Lipinski definition) is 2. The van der Waals surface area contributed by atoms with Crippen molar-refractivity contribution in [1.29, 1.82) is 0 Å². The van der Waals surface area contributed by atoms with Gasteiger partial charge in [-0.05, 0) is 61.1 Å². The van der Waals surface area contributed by atoms with Gasteiger partial charge < -0.3 is 24.6 Å². The average Bonchev–Trinajstić information content (AvgIpc) is 3.75. The van der Waals surface area contributed by atoms with E-state index in [1.54, 1.807) is 31.4 Å². The van der Waals surface area contributed by atoms with E-state index in [9.17, 15) is 23.1 Å². The molecule has 0 bridgehead atoms. The smallest absolute Gasteiger partial charge is 0.341 e. The molecular weight excluding hydrogens is 538 g/mol. The van der Waals surface area contributed by atoms with Crippen LogP contribution in [0.5, 0.6) is 5.75 Å². The fourth-order valence-electron chi connectivity index (χ4n) is 4.55. The first-order valence-corrected chi connectivity index (χ1v) is 14.6. The molecule has 3 aromatic rings. The number of sulfone groups is 1. The van der Waals surface area contributed by atoms with Gasteiger partial charge in [-0.3, -0.25) is 9.48 Å². The van der Waals surface area contributed by atoms with E-state index < -0.39 is 27.8 Å². The van der Waals surface area contributed by atoms with Crippen LogP contribution < -0.4 is 10.1 Å². The highest BCUT2D eigenvalue weighted by atomic mass is 32.2. The van der Waals surface area contributed by atoms with Gasteiger partial charge in [0.05, 0.1) is 29.9 Å². The third-order valence-electron chi connectivity index (χ3n) is 6.95. The van der Waals surface area contributed by atoms with Crippen molar-refractivity contribution in [1.82, 2.24) is 9.78 Å². The summed E-state index contributed by atoms with van der Waals surface area (Å²) in [7, 11) is -1.82. The average molecular weight is 570 g/mol. The van der Waals surface area contributed by atoms with Crippen LogP contribution in [-0.2, 0) is 30.7 Å². The van der Waals surface area contributed by atoms with Gasteiger partial charge in [0.25, 0.3) is 5.91 Å². The summed E-state index contributed by atoms with van der Waals surface area (Å²) in [5, 5.41) is 16.4. The number of hydrogen-bond acceptors (Lipinski definition) is 8. The lowest BCUT2D eigenvalue weighted by molar-refractivity contribution is -0.136. The second-order valence-corrected chi connectivity index (χ2v) is 12.1. The Hall–Kier alpha value is -3.74. The normalized spacial score (nSPS) is 16.8. The maximum Gasteiger partial charge on any atom is 0.341 e. The van der Waals surface area contributed by atoms with Crippen LogP contribution in [0.1, 0.15) is 53.3 Å². The second kappa shape index (κ2) is 11.8. The molecule has 1 saturated heterocycles. The van der Waals surface area contributed by atoms with Crippen LogP contribution in [-0.4, -0.2) is 66.9 Å². The quantitative estimate of drug-likeness (QED) is 0.354. The lowest BCUT2D eigenvalue weighted by atomic mass is 10.1. The van der Waals surface area contributed by atoms with Crippen LogP contribution >= 0.6 is 0 Å². The highest BCUT2D eigenvalue weighted by molar-refractivity contribution is 7.92. The molecular formula is C28H31N3O8S. The lowest BCUT2D eigenvalue weighted by Crippen LogP contribution is -2.31. The Morgan fingerprint density at radius 3 is 2.35 bits per heavy atom. The molecule has 1 aliphatic carbocycles. The molecule has 2 aliphatic rings. The van der Waals surface area contributed by atoms with Gasteiger partial charge in [0.15, 0.2) is 21.8 Å². The van der Waals surface area contributed by atoms with Crippen LogP contribution in [0.15, 0.2) is 59.6 Å². The Labute approximate surface area is 232 Å². The Kier molecular flexibility index (Phi) is 8.19. The zero-order chi connectivity index (χ0) is 28.3. The maximum atomic E-state index is 13.6. The Morgan fingerprint density at radius 1 is 1.07 bits per heavy atom. The van der Waals surface area contributed by atoms with Crippen molar-refractivity contribution in [2.24, 2.45) is 0 Å². The molecule has 0 spiro atoms. The van der Waals surface area contributed by atoms with Gasteiger partial charge in [0, 0.05) is 19.4 Å². The Bertz CT molecular complexity index is 1460. The standard InChI is InChI=1S/C28H31N3O8S/c1-37-20-6-2-18(3-7-20)16-31-17-24(28(33)34)26(30-31)29-27(32)25(39-21-12-14-38-15-13-21)19-4-8-22(9-5-19)40(35,36)23-10-11-23/h2-9,17,21,23,25H,10-16H2,1H3,(H,33,34)(H,29,30,32).